The van der Waals surface area contributed by atoms with E-state index >= 15 is 0 Å². The van der Waals surface area contributed by atoms with Gasteiger partial charge in [-0.2, -0.15) is 0 Å². The largest absolute Gasteiger partial charge is 0.501 e. The molecule has 8 nitrogen and oxygen atoms in total. The Morgan fingerprint density at radius 1 is 1.43 bits per heavy atom. The van der Waals surface area contributed by atoms with Crippen molar-refractivity contribution in [1.82, 2.24) is 4.98 Å². The molecular weight excluding hydrogens is 324 g/mol. The monoisotopic (exact) mass is 338 g/mol. The van der Waals surface area contributed by atoms with Crippen molar-refractivity contribution in [3.8, 4) is 23.0 Å². The summed E-state index contributed by atoms with van der Waals surface area (Å²) >= 11 is 0. The number of furan rings is 1. The van der Waals surface area contributed by atoms with E-state index in [2.05, 4.69) is 4.98 Å². The van der Waals surface area contributed by atoms with Gasteiger partial charge in [-0.3, -0.25) is 9.78 Å². The number of carbonyl (C=O) groups is 1. The van der Waals surface area contributed by atoms with Crippen LogP contribution in [0.3, 0.4) is 0 Å². The first-order valence-electron chi connectivity index (χ1n) is 6.86. The molecule has 3 rings (SSSR count). The van der Waals surface area contributed by atoms with Gasteiger partial charge < -0.3 is 14.3 Å². The van der Waals surface area contributed by atoms with Gasteiger partial charge in [0.1, 0.15) is 5.69 Å². The minimum absolute atomic E-state index is 0.0348. The Hall–Kier alpha value is -2.55. The lowest BCUT2D eigenvalue weighted by molar-refractivity contribution is -0.132. The number of nitrogens with zero attached hydrogens (tertiary/aromatic N) is 2. The average Bonchev–Trinajstić information content (AvgIpc) is 3.00. The number of aromatic nitrogens is 1. The third-order valence-electron chi connectivity index (χ3n) is 3.29. The summed E-state index contributed by atoms with van der Waals surface area (Å²) in [5.74, 6) is -1.78. The molecule has 0 unspecified atom stereocenters. The Bertz CT molecular complexity index is 844. The number of sulfonamides is 1. The Labute approximate surface area is 132 Å². The van der Waals surface area contributed by atoms with Gasteiger partial charge in [-0.25, -0.2) is 12.7 Å². The van der Waals surface area contributed by atoms with Crippen LogP contribution in [0.5, 0.6) is 11.5 Å². The third-order valence-corrected chi connectivity index (χ3v) is 5.12. The maximum absolute atomic E-state index is 12.1. The molecule has 2 aromatic heterocycles. The molecule has 0 radical (unpaired) electrons. The standard InChI is InChI=1S/C14H14N2O6S/c1-9(17)21-13-11(18)12(10-5-2-3-6-15-10)22-14(13)16-7-4-8-23(16,19)20/h2-3,5-6,18H,4,7-8H2,1H3. The number of anilines is 1. The quantitative estimate of drug-likeness (QED) is 0.845. The van der Waals surface area contributed by atoms with E-state index in [0.29, 0.717) is 12.1 Å². The SMILES string of the molecule is CC(=O)Oc1c(N2CCCS2(=O)=O)oc(-c2ccccn2)c1O. The number of esters is 1. The highest BCUT2D eigenvalue weighted by Crippen LogP contribution is 2.48. The van der Waals surface area contributed by atoms with Gasteiger partial charge in [0.2, 0.25) is 27.3 Å². The highest BCUT2D eigenvalue weighted by Gasteiger charge is 2.37. The summed E-state index contributed by atoms with van der Waals surface area (Å²) in [6.07, 6.45) is 1.91. The first kappa shape index (κ1) is 15.3. The third kappa shape index (κ3) is 2.74. The lowest BCUT2D eigenvalue weighted by Gasteiger charge is -2.14. The van der Waals surface area contributed by atoms with Crippen molar-refractivity contribution in [1.29, 1.82) is 0 Å². The van der Waals surface area contributed by atoms with Gasteiger partial charge in [-0.15, -0.1) is 0 Å². The van der Waals surface area contributed by atoms with E-state index < -0.39 is 21.7 Å². The van der Waals surface area contributed by atoms with E-state index in [-0.39, 0.29) is 29.7 Å². The van der Waals surface area contributed by atoms with Gasteiger partial charge in [0.25, 0.3) is 5.88 Å². The number of ether oxygens (including phenoxy) is 1. The van der Waals surface area contributed by atoms with Crippen LogP contribution in [0.4, 0.5) is 5.88 Å². The van der Waals surface area contributed by atoms with Gasteiger partial charge in [0, 0.05) is 19.7 Å². The summed E-state index contributed by atoms with van der Waals surface area (Å²) in [5.41, 5.74) is 0.293. The van der Waals surface area contributed by atoms with Crippen LogP contribution in [0.1, 0.15) is 13.3 Å². The molecule has 0 saturated carbocycles. The maximum atomic E-state index is 12.1. The zero-order valence-corrected chi connectivity index (χ0v) is 13.0. The molecule has 1 fully saturated rings. The lowest BCUT2D eigenvalue weighted by atomic mass is 10.2. The van der Waals surface area contributed by atoms with Crippen molar-refractivity contribution in [2.75, 3.05) is 16.6 Å². The molecule has 1 aliphatic rings. The maximum Gasteiger partial charge on any atom is 0.308 e. The number of hydrogen-bond acceptors (Lipinski definition) is 7. The van der Waals surface area contributed by atoms with E-state index in [1.807, 2.05) is 0 Å². The summed E-state index contributed by atoms with van der Waals surface area (Å²) in [5, 5.41) is 10.3. The molecule has 2 aromatic rings. The van der Waals surface area contributed by atoms with Crippen LogP contribution in [0.2, 0.25) is 0 Å². The normalized spacial score (nSPS) is 16.5. The minimum Gasteiger partial charge on any atom is -0.501 e. The van der Waals surface area contributed by atoms with Crippen molar-refractivity contribution >= 4 is 21.9 Å². The fourth-order valence-corrected chi connectivity index (χ4v) is 3.83. The molecule has 122 valence electrons. The van der Waals surface area contributed by atoms with Crippen LogP contribution in [-0.4, -0.2) is 36.8 Å². The van der Waals surface area contributed by atoms with Crippen LogP contribution in [0.25, 0.3) is 11.5 Å². The topological polar surface area (TPSA) is 110 Å². The average molecular weight is 338 g/mol. The Morgan fingerprint density at radius 2 is 2.22 bits per heavy atom. The Balaban J connectivity index is 2.17. The molecule has 0 spiro atoms. The van der Waals surface area contributed by atoms with E-state index in [1.54, 1.807) is 18.2 Å². The molecule has 0 aromatic carbocycles. The van der Waals surface area contributed by atoms with Crippen molar-refractivity contribution in [2.45, 2.75) is 13.3 Å². The van der Waals surface area contributed by atoms with Gasteiger partial charge in [-0.05, 0) is 18.6 Å². The molecule has 1 N–H and O–H groups in total. The van der Waals surface area contributed by atoms with Crippen molar-refractivity contribution in [3.63, 3.8) is 0 Å². The summed E-state index contributed by atoms with van der Waals surface area (Å²) in [4.78, 5) is 15.3. The van der Waals surface area contributed by atoms with Crippen molar-refractivity contribution in [2.24, 2.45) is 0 Å². The summed E-state index contributed by atoms with van der Waals surface area (Å²) in [6, 6.07) is 4.95. The first-order chi connectivity index (χ1) is 10.9. The Kier molecular flexibility index (Phi) is 3.72. The minimum atomic E-state index is -3.57. The van der Waals surface area contributed by atoms with Crippen LogP contribution >= 0.6 is 0 Å². The summed E-state index contributed by atoms with van der Waals surface area (Å²) < 4.78 is 35.6. The molecular formula is C14H14N2O6S. The number of pyridine rings is 1. The second-order valence-corrected chi connectivity index (χ2v) is 6.98. The van der Waals surface area contributed by atoms with Crippen molar-refractivity contribution < 1.29 is 27.5 Å². The molecule has 0 bridgehead atoms. The number of hydrogen-bond donors (Lipinski definition) is 1. The first-order valence-corrected chi connectivity index (χ1v) is 8.47. The van der Waals surface area contributed by atoms with Gasteiger partial charge >= 0.3 is 5.97 Å². The molecule has 1 saturated heterocycles. The molecule has 23 heavy (non-hydrogen) atoms. The molecule has 1 aliphatic heterocycles. The van der Waals surface area contributed by atoms with Gasteiger partial charge in [0.05, 0.1) is 5.75 Å². The van der Waals surface area contributed by atoms with Gasteiger partial charge in [-0.1, -0.05) is 6.07 Å². The van der Waals surface area contributed by atoms with Crippen LogP contribution < -0.4 is 9.04 Å². The van der Waals surface area contributed by atoms with Crippen LogP contribution in [-0.2, 0) is 14.8 Å². The molecule has 0 atom stereocenters. The van der Waals surface area contributed by atoms with E-state index in [9.17, 15) is 18.3 Å². The zero-order valence-electron chi connectivity index (χ0n) is 12.2. The molecule has 0 amide bonds. The summed E-state index contributed by atoms with van der Waals surface area (Å²) in [6.45, 7) is 1.33. The lowest BCUT2D eigenvalue weighted by Crippen LogP contribution is -2.25. The second-order valence-electron chi connectivity index (χ2n) is 4.96. The highest BCUT2D eigenvalue weighted by molar-refractivity contribution is 7.93. The molecule has 9 heteroatoms. The van der Waals surface area contributed by atoms with E-state index in [1.165, 1.54) is 6.20 Å². The molecule has 0 aliphatic carbocycles. The number of rotatable bonds is 3. The van der Waals surface area contributed by atoms with Crippen LogP contribution in [0, 0.1) is 0 Å². The Morgan fingerprint density at radius 3 is 2.78 bits per heavy atom. The molecule has 3 heterocycles. The summed E-state index contributed by atoms with van der Waals surface area (Å²) in [7, 11) is -3.57. The zero-order chi connectivity index (χ0) is 16.6. The van der Waals surface area contributed by atoms with E-state index in [4.69, 9.17) is 9.15 Å². The van der Waals surface area contributed by atoms with E-state index in [0.717, 1.165) is 11.2 Å². The van der Waals surface area contributed by atoms with Gasteiger partial charge in [0.15, 0.2) is 0 Å². The number of aromatic hydroxyl groups is 1. The highest BCUT2D eigenvalue weighted by atomic mass is 32.2. The fraction of sp³-hybridized carbons (Fsp3) is 0.286. The predicted octanol–water partition coefficient (Wildman–Crippen LogP) is 1.51. The van der Waals surface area contributed by atoms with Crippen molar-refractivity contribution in [3.05, 3.63) is 24.4 Å². The van der Waals surface area contributed by atoms with Crippen LogP contribution in [0.15, 0.2) is 28.8 Å². The predicted molar refractivity (Wildman–Crippen MR) is 80.7 cm³/mol. The smallest absolute Gasteiger partial charge is 0.308 e. The fourth-order valence-electron chi connectivity index (χ4n) is 2.33. The number of carbonyl (C=O) groups excluding carboxylic acids is 1. The second kappa shape index (κ2) is 5.58.